The summed E-state index contributed by atoms with van der Waals surface area (Å²) >= 11 is 5.14. The summed E-state index contributed by atoms with van der Waals surface area (Å²) in [4.78, 5) is 6.61. The molecule has 2 aromatic heterocycles. The molecule has 2 aromatic rings. The van der Waals surface area contributed by atoms with Crippen molar-refractivity contribution in [2.24, 2.45) is 0 Å². The van der Waals surface area contributed by atoms with Crippen LogP contribution in [-0.2, 0) is 0 Å². The molecule has 0 unspecified atom stereocenters. The molecule has 74 valence electrons. The Balaban J connectivity index is 2.74. The van der Waals surface area contributed by atoms with E-state index in [-0.39, 0.29) is 5.69 Å². The van der Waals surface area contributed by atoms with Gasteiger partial charge >= 0.3 is 0 Å². The lowest BCUT2D eigenvalue weighted by Gasteiger charge is -1.93. The van der Waals surface area contributed by atoms with Crippen molar-refractivity contribution >= 4 is 49.6 Å². The van der Waals surface area contributed by atoms with E-state index in [9.17, 15) is 8.78 Å². The molecule has 0 atom stereocenters. The molecule has 0 aliphatic heterocycles. The van der Waals surface area contributed by atoms with Crippen molar-refractivity contribution in [3.05, 3.63) is 26.0 Å². The van der Waals surface area contributed by atoms with E-state index < -0.39 is 6.43 Å². The number of aromatic amines is 1. The Labute approximate surface area is 100 Å². The van der Waals surface area contributed by atoms with E-state index in [0.29, 0.717) is 9.22 Å². The fraction of sp³-hybridized carbons (Fsp3) is 0.125. The lowest BCUT2D eigenvalue weighted by Crippen LogP contribution is -1.85. The first-order valence-corrected chi connectivity index (χ1v) is 5.57. The fourth-order valence-corrected chi connectivity index (χ4v) is 2.30. The maximum Gasteiger partial charge on any atom is 0.279 e. The van der Waals surface area contributed by atoms with Crippen LogP contribution in [0.1, 0.15) is 12.1 Å². The van der Waals surface area contributed by atoms with Gasteiger partial charge in [-0.2, -0.15) is 0 Å². The van der Waals surface area contributed by atoms with E-state index in [0.717, 1.165) is 9.86 Å². The second kappa shape index (κ2) is 3.73. The predicted octanol–water partition coefficient (Wildman–Crippen LogP) is 3.87. The summed E-state index contributed by atoms with van der Waals surface area (Å²) in [7, 11) is 0. The summed E-state index contributed by atoms with van der Waals surface area (Å²) in [6, 6.07) is 1.77. The normalized spacial score (nSPS) is 11.5. The van der Waals surface area contributed by atoms with Crippen molar-refractivity contribution in [3.63, 3.8) is 0 Å². The highest BCUT2D eigenvalue weighted by molar-refractivity contribution is 14.1. The van der Waals surface area contributed by atoms with E-state index in [1.54, 1.807) is 12.3 Å². The van der Waals surface area contributed by atoms with Crippen molar-refractivity contribution in [3.8, 4) is 0 Å². The molecule has 0 radical (unpaired) electrons. The summed E-state index contributed by atoms with van der Waals surface area (Å²) in [5.41, 5.74) is 0.430. The number of H-pyrrole nitrogens is 1. The van der Waals surface area contributed by atoms with Crippen LogP contribution in [-0.4, -0.2) is 9.97 Å². The van der Waals surface area contributed by atoms with Crippen molar-refractivity contribution in [1.82, 2.24) is 9.97 Å². The molecule has 0 saturated carbocycles. The number of pyridine rings is 1. The van der Waals surface area contributed by atoms with Crippen molar-refractivity contribution in [2.45, 2.75) is 6.43 Å². The quantitative estimate of drug-likeness (QED) is 0.756. The summed E-state index contributed by atoms with van der Waals surface area (Å²) in [6.45, 7) is 0. The Morgan fingerprint density at radius 2 is 2.21 bits per heavy atom. The van der Waals surface area contributed by atoms with Gasteiger partial charge in [-0.05, 0) is 44.6 Å². The van der Waals surface area contributed by atoms with Crippen LogP contribution in [0, 0.1) is 3.57 Å². The van der Waals surface area contributed by atoms with Crippen LogP contribution in [0.4, 0.5) is 8.78 Å². The zero-order chi connectivity index (χ0) is 10.3. The van der Waals surface area contributed by atoms with E-state index >= 15 is 0 Å². The first-order chi connectivity index (χ1) is 6.59. The monoisotopic (exact) mass is 372 g/mol. The smallest absolute Gasteiger partial charge is 0.279 e. The topological polar surface area (TPSA) is 28.7 Å². The van der Waals surface area contributed by atoms with E-state index in [1.807, 2.05) is 22.6 Å². The van der Waals surface area contributed by atoms with Crippen LogP contribution in [0.25, 0.3) is 11.0 Å². The SMILES string of the molecule is FC(F)c1[nH]c2ncc(Br)cc2c1I. The van der Waals surface area contributed by atoms with Crippen molar-refractivity contribution < 1.29 is 8.78 Å². The van der Waals surface area contributed by atoms with Crippen LogP contribution in [0.5, 0.6) is 0 Å². The number of hydrogen-bond acceptors (Lipinski definition) is 1. The highest BCUT2D eigenvalue weighted by Crippen LogP contribution is 2.30. The summed E-state index contributed by atoms with van der Waals surface area (Å²) in [6.07, 6.45) is -0.917. The van der Waals surface area contributed by atoms with Gasteiger partial charge < -0.3 is 4.98 Å². The van der Waals surface area contributed by atoms with Crippen LogP contribution >= 0.6 is 38.5 Å². The zero-order valence-corrected chi connectivity index (χ0v) is 10.4. The van der Waals surface area contributed by atoms with E-state index in [1.165, 1.54) is 0 Å². The number of fused-ring (bicyclic) bond motifs is 1. The van der Waals surface area contributed by atoms with Gasteiger partial charge in [0.15, 0.2) is 0 Å². The first kappa shape index (κ1) is 10.3. The van der Waals surface area contributed by atoms with Crippen LogP contribution < -0.4 is 0 Å². The summed E-state index contributed by atoms with van der Waals surface area (Å²) in [5.74, 6) is 0. The Morgan fingerprint density at radius 1 is 1.50 bits per heavy atom. The molecule has 0 fully saturated rings. The summed E-state index contributed by atoms with van der Waals surface area (Å²) in [5, 5.41) is 0.718. The number of nitrogens with zero attached hydrogens (tertiary/aromatic N) is 1. The molecule has 6 heteroatoms. The first-order valence-electron chi connectivity index (χ1n) is 3.70. The second-order valence-corrected chi connectivity index (χ2v) is 4.70. The molecule has 2 rings (SSSR count). The van der Waals surface area contributed by atoms with Gasteiger partial charge in [-0.3, -0.25) is 0 Å². The van der Waals surface area contributed by atoms with Crippen LogP contribution in [0.3, 0.4) is 0 Å². The highest BCUT2D eigenvalue weighted by Gasteiger charge is 2.17. The van der Waals surface area contributed by atoms with Gasteiger partial charge in [0.05, 0.1) is 5.69 Å². The average Bonchev–Trinajstić information content (AvgIpc) is 2.44. The largest absolute Gasteiger partial charge is 0.338 e. The van der Waals surface area contributed by atoms with Gasteiger partial charge in [-0.1, -0.05) is 0 Å². The molecule has 0 aliphatic carbocycles. The lowest BCUT2D eigenvalue weighted by atomic mass is 10.3. The van der Waals surface area contributed by atoms with Gasteiger partial charge in [0, 0.05) is 19.6 Å². The average molecular weight is 373 g/mol. The molecule has 2 heterocycles. The van der Waals surface area contributed by atoms with Gasteiger partial charge in [0.1, 0.15) is 5.65 Å². The Kier molecular flexibility index (Phi) is 2.74. The molecule has 1 N–H and O–H groups in total. The number of aromatic nitrogens is 2. The number of halogens is 4. The Bertz CT molecular complexity index is 483. The minimum Gasteiger partial charge on any atom is -0.338 e. The Hall–Kier alpha value is -0.240. The third-order valence-electron chi connectivity index (χ3n) is 1.80. The molecule has 0 bridgehead atoms. The van der Waals surface area contributed by atoms with Crippen LogP contribution in [0.2, 0.25) is 0 Å². The number of hydrogen-bond donors (Lipinski definition) is 1. The van der Waals surface area contributed by atoms with Crippen molar-refractivity contribution in [2.75, 3.05) is 0 Å². The van der Waals surface area contributed by atoms with Gasteiger partial charge in [-0.25, -0.2) is 13.8 Å². The third kappa shape index (κ3) is 1.65. The predicted molar refractivity (Wildman–Crippen MR) is 61.5 cm³/mol. The van der Waals surface area contributed by atoms with Crippen LogP contribution in [0.15, 0.2) is 16.7 Å². The molecule has 0 aliphatic rings. The maximum atomic E-state index is 12.5. The third-order valence-corrected chi connectivity index (χ3v) is 3.39. The maximum absolute atomic E-state index is 12.5. The molecular formula is C8H4BrF2IN2. The number of nitrogens with one attached hydrogen (secondary N) is 1. The molecule has 0 aromatic carbocycles. The second-order valence-electron chi connectivity index (χ2n) is 2.70. The molecular weight excluding hydrogens is 369 g/mol. The standard InChI is InChI=1S/C8H4BrF2IN2/c9-3-1-4-5(12)6(7(10)11)14-8(4)13-2-3/h1-2,7H,(H,13,14). The van der Waals surface area contributed by atoms with Crippen molar-refractivity contribution in [1.29, 1.82) is 0 Å². The molecule has 0 saturated heterocycles. The number of rotatable bonds is 1. The minimum absolute atomic E-state index is 0.0637. The lowest BCUT2D eigenvalue weighted by molar-refractivity contribution is 0.146. The number of alkyl halides is 2. The van der Waals surface area contributed by atoms with E-state index in [2.05, 4.69) is 25.9 Å². The molecule has 2 nitrogen and oxygen atoms in total. The minimum atomic E-state index is -2.49. The van der Waals surface area contributed by atoms with Gasteiger partial charge in [0.25, 0.3) is 6.43 Å². The molecule has 0 spiro atoms. The van der Waals surface area contributed by atoms with Gasteiger partial charge in [-0.15, -0.1) is 0 Å². The molecule has 0 amide bonds. The zero-order valence-electron chi connectivity index (χ0n) is 6.69. The van der Waals surface area contributed by atoms with E-state index in [4.69, 9.17) is 0 Å². The highest BCUT2D eigenvalue weighted by atomic mass is 127. The summed E-state index contributed by atoms with van der Waals surface area (Å²) < 4.78 is 26.3. The fourth-order valence-electron chi connectivity index (χ4n) is 1.18. The van der Waals surface area contributed by atoms with Gasteiger partial charge in [0.2, 0.25) is 0 Å². The Morgan fingerprint density at radius 3 is 2.86 bits per heavy atom. The molecule has 14 heavy (non-hydrogen) atoms.